The molecule has 232 valence electrons. The van der Waals surface area contributed by atoms with Crippen molar-refractivity contribution in [3.05, 3.63) is 32.9 Å². The van der Waals surface area contributed by atoms with Gasteiger partial charge in [-0.2, -0.15) is 0 Å². The highest BCUT2D eigenvalue weighted by atomic mass is 127. The second-order valence-corrected chi connectivity index (χ2v) is 14.1. The van der Waals surface area contributed by atoms with Crippen LogP contribution in [0.3, 0.4) is 0 Å². The third kappa shape index (κ3) is 6.61. The number of methoxy groups -OCH3 is 1. The molecule has 6 rings (SSSR count). The number of ether oxygens (including phenoxy) is 2. The van der Waals surface area contributed by atoms with Gasteiger partial charge in [-0.05, 0) is 114 Å². The summed E-state index contributed by atoms with van der Waals surface area (Å²) in [6.45, 7) is 2.34. The van der Waals surface area contributed by atoms with Crippen LogP contribution in [0.4, 0.5) is 0 Å². The molecule has 0 saturated heterocycles. The number of aliphatic hydroxyl groups excluding tert-OH is 3. The lowest BCUT2D eigenvalue weighted by atomic mass is 9.49. The van der Waals surface area contributed by atoms with E-state index >= 15 is 0 Å². The van der Waals surface area contributed by atoms with Gasteiger partial charge >= 0.3 is 0 Å². The molecule has 5 aliphatic carbocycles. The van der Waals surface area contributed by atoms with Gasteiger partial charge in [0.2, 0.25) is 11.8 Å². The van der Waals surface area contributed by atoms with Gasteiger partial charge in [0.15, 0.2) is 11.5 Å². The Balaban J connectivity index is 1.48. The molecular weight excluding hydrogens is 651 g/mol. The standard InChI is InChI=1S/C32H45IN2O7/c1-3-4-28(38)35(18-32-14-19-7-20(15-32)9-21(8-19)16-32)25-12-23(31(40)34-5-6-36)13-26(29(25)39)42-30-24(33)10-22(17-37)11-27(30)41-2/h10-11,13,19-21,25-26,29,36-37,39H,3-9,12,14-18H2,1-2H3,(H,34,40)/t19?,20?,21?,25-,26+,29+,32?/m1/s1. The van der Waals surface area contributed by atoms with Gasteiger partial charge in [-0.25, -0.2) is 0 Å². The maximum atomic E-state index is 13.8. The second kappa shape index (κ2) is 13.4. The van der Waals surface area contributed by atoms with Crippen LogP contribution in [-0.4, -0.2) is 77.1 Å². The lowest BCUT2D eigenvalue weighted by molar-refractivity contribution is -0.147. The molecule has 0 spiro atoms. The van der Waals surface area contributed by atoms with Gasteiger partial charge < -0.3 is 35.0 Å². The third-order valence-electron chi connectivity index (χ3n) is 9.80. The van der Waals surface area contributed by atoms with E-state index in [1.807, 2.05) is 11.8 Å². The van der Waals surface area contributed by atoms with Crippen LogP contribution in [-0.2, 0) is 16.2 Å². The monoisotopic (exact) mass is 696 g/mol. The number of benzene rings is 1. The fraction of sp³-hybridized carbons (Fsp3) is 0.688. The fourth-order valence-corrected chi connectivity index (χ4v) is 9.28. The van der Waals surface area contributed by atoms with Crippen molar-refractivity contribution in [1.29, 1.82) is 0 Å². The summed E-state index contributed by atoms with van der Waals surface area (Å²) in [4.78, 5) is 28.9. The van der Waals surface area contributed by atoms with Crippen LogP contribution in [0.5, 0.6) is 11.5 Å². The van der Waals surface area contributed by atoms with Crippen molar-refractivity contribution in [3.8, 4) is 11.5 Å². The van der Waals surface area contributed by atoms with Gasteiger partial charge in [0.1, 0.15) is 12.2 Å². The number of rotatable bonds is 12. The molecule has 3 atom stereocenters. The van der Waals surface area contributed by atoms with Gasteiger partial charge in [-0.15, -0.1) is 0 Å². The van der Waals surface area contributed by atoms with Crippen molar-refractivity contribution >= 4 is 34.4 Å². The molecule has 10 heteroatoms. The Morgan fingerprint density at radius 2 is 1.79 bits per heavy atom. The van der Waals surface area contributed by atoms with Gasteiger partial charge in [0.05, 0.1) is 29.9 Å². The first-order valence-electron chi connectivity index (χ1n) is 15.4. The molecule has 0 unspecified atom stereocenters. The highest BCUT2D eigenvalue weighted by Crippen LogP contribution is 2.60. The topological polar surface area (TPSA) is 129 Å². The number of halogens is 1. The number of nitrogens with zero attached hydrogens (tertiary/aromatic N) is 1. The Labute approximate surface area is 262 Å². The lowest BCUT2D eigenvalue weighted by Gasteiger charge is -2.58. The van der Waals surface area contributed by atoms with E-state index in [1.165, 1.54) is 26.4 Å². The molecule has 0 radical (unpaired) electrons. The SMILES string of the molecule is CCCC(=O)N(CC12CC3CC(CC(C3)C1)C2)[C@@H]1CC(C(=O)NCCO)=C[C@H](Oc2c(I)cc(CO)cc2OC)[C@H]1O. The minimum atomic E-state index is -1.08. The first kappa shape index (κ1) is 31.5. The van der Waals surface area contributed by atoms with E-state index in [0.29, 0.717) is 45.6 Å². The summed E-state index contributed by atoms with van der Waals surface area (Å²) in [5, 5.41) is 33.6. The summed E-state index contributed by atoms with van der Waals surface area (Å²) in [6, 6.07) is 2.84. The molecule has 1 aromatic carbocycles. The minimum Gasteiger partial charge on any atom is -0.493 e. The van der Waals surface area contributed by atoms with Crippen LogP contribution >= 0.6 is 22.6 Å². The van der Waals surface area contributed by atoms with Gasteiger partial charge in [-0.1, -0.05) is 6.92 Å². The van der Waals surface area contributed by atoms with Gasteiger partial charge in [0, 0.05) is 31.5 Å². The zero-order valence-electron chi connectivity index (χ0n) is 24.7. The molecule has 2 amide bonds. The fourth-order valence-electron chi connectivity index (χ4n) is 8.49. The molecule has 4 saturated carbocycles. The average Bonchev–Trinajstić information content (AvgIpc) is 2.95. The first-order chi connectivity index (χ1) is 20.2. The molecule has 0 heterocycles. The molecule has 5 aliphatic rings. The summed E-state index contributed by atoms with van der Waals surface area (Å²) in [7, 11) is 1.51. The van der Waals surface area contributed by atoms with Crippen LogP contribution in [0.2, 0.25) is 0 Å². The average molecular weight is 697 g/mol. The van der Waals surface area contributed by atoms with E-state index in [1.54, 1.807) is 18.2 Å². The van der Waals surface area contributed by atoms with Gasteiger partial charge in [0.25, 0.3) is 0 Å². The number of nitrogens with one attached hydrogen (secondary N) is 1. The van der Waals surface area contributed by atoms with Crippen molar-refractivity contribution in [2.45, 2.75) is 89.6 Å². The Bertz CT molecular complexity index is 1150. The number of carbonyl (C=O) groups is 2. The van der Waals surface area contributed by atoms with Crippen molar-refractivity contribution in [2.75, 3.05) is 26.8 Å². The molecule has 9 nitrogen and oxygen atoms in total. The predicted octanol–water partition coefficient (Wildman–Crippen LogP) is 3.55. The zero-order valence-corrected chi connectivity index (χ0v) is 26.8. The van der Waals surface area contributed by atoms with Crippen LogP contribution in [0, 0.1) is 26.7 Å². The number of carbonyl (C=O) groups excluding carboxylic acids is 2. The van der Waals surface area contributed by atoms with E-state index < -0.39 is 18.2 Å². The Kier molecular flexibility index (Phi) is 10.1. The molecule has 4 bridgehead atoms. The first-order valence-corrected chi connectivity index (χ1v) is 16.5. The second-order valence-electron chi connectivity index (χ2n) is 13.0. The summed E-state index contributed by atoms with van der Waals surface area (Å²) in [5.41, 5.74) is 1.15. The summed E-state index contributed by atoms with van der Waals surface area (Å²) in [6.07, 6.45) is 8.22. The molecule has 42 heavy (non-hydrogen) atoms. The number of aliphatic hydroxyl groups is 3. The highest BCUT2D eigenvalue weighted by Gasteiger charge is 2.53. The largest absolute Gasteiger partial charge is 0.493 e. The Hall–Kier alpha value is -1.89. The summed E-state index contributed by atoms with van der Waals surface area (Å²) >= 11 is 2.11. The maximum absolute atomic E-state index is 13.8. The van der Waals surface area contributed by atoms with E-state index in [2.05, 4.69) is 27.9 Å². The molecular formula is C32H45IN2O7. The van der Waals surface area contributed by atoms with Crippen LogP contribution in [0.1, 0.15) is 70.3 Å². The molecule has 0 aliphatic heterocycles. The highest BCUT2D eigenvalue weighted by molar-refractivity contribution is 14.1. The van der Waals surface area contributed by atoms with Crippen LogP contribution in [0.15, 0.2) is 23.8 Å². The van der Waals surface area contributed by atoms with E-state index in [4.69, 9.17) is 9.47 Å². The molecule has 4 fully saturated rings. The normalized spacial score (nSPS) is 31.4. The van der Waals surface area contributed by atoms with Crippen LogP contribution < -0.4 is 14.8 Å². The van der Waals surface area contributed by atoms with Gasteiger partial charge in [-0.3, -0.25) is 9.59 Å². The lowest BCUT2D eigenvalue weighted by Crippen LogP contribution is -2.59. The maximum Gasteiger partial charge on any atom is 0.247 e. The molecule has 0 aromatic heterocycles. The zero-order chi connectivity index (χ0) is 30.0. The molecule has 4 N–H and O–H groups in total. The van der Waals surface area contributed by atoms with E-state index in [0.717, 1.165) is 37.0 Å². The molecule has 1 aromatic rings. The number of hydrogen-bond acceptors (Lipinski definition) is 7. The number of hydrogen-bond donors (Lipinski definition) is 4. The third-order valence-corrected chi connectivity index (χ3v) is 10.6. The van der Waals surface area contributed by atoms with Crippen LogP contribution in [0.25, 0.3) is 0 Å². The van der Waals surface area contributed by atoms with Crippen molar-refractivity contribution in [2.24, 2.45) is 23.2 Å². The Morgan fingerprint density at radius 1 is 1.12 bits per heavy atom. The predicted molar refractivity (Wildman–Crippen MR) is 166 cm³/mol. The van der Waals surface area contributed by atoms with Crippen molar-refractivity contribution < 1.29 is 34.4 Å². The van der Waals surface area contributed by atoms with Crippen molar-refractivity contribution in [1.82, 2.24) is 10.2 Å². The summed E-state index contributed by atoms with van der Waals surface area (Å²) < 4.78 is 12.7. The minimum absolute atomic E-state index is 0.00696. The Morgan fingerprint density at radius 3 is 2.36 bits per heavy atom. The number of amides is 2. The smallest absolute Gasteiger partial charge is 0.247 e. The van der Waals surface area contributed by atoms with E-state index in [9.17, 15) is 24.9 Å². The van der Waals surface area contributed by atoms with E-state index in [-0.39, 0.29) is 43.4 Å². The quantitative estimate of drug-likeness (QED) is 0.246. The summed E-state index contributed by atoms with van der Waals surface area (Å²) in [5.74, 6) is 2.65. The van der Waals surface area contributed by atoms with Crippen molar-refractivity contribution in [3.63, 3.8) is 0 Å².